The number of fused-ring (bicyclic) bond motifs is 1. The number of hydrogen-bond donors (Lipinski definition) is 2. The SMILES string of the molecule is CNC(=O)c1cc(C)c(-c2nc3cc(Cl)ccn3c2C[C@H]2CN(C(=O)O)CCO2)cc1F. The number of ether oxygens (including phenoxy) is 1. The van der Waals surface area contributed by atoms with Crippen molar-refractivity contribution in [3.63, 3.8) is 0 Å². The smallest absolute Gasteiger partial charge is 0.407 e. The molecule has 32 heavy (non-hydrogen) atoms. The summed E-state index contributed by atoms with van der Waals surface area (Å²) >= 11 is 6.15. The minimum atomic E-state index is -0.994. The third-order valence-corrected chi connectivity index (χ3v) is 5.79. The highest BCUT2D eigenvalue weighted by Gasteiger charge is 2.27. The second kappa shape index (κ2) is 8.76. The molecule has 2 N–H and O–H groups in total. The van der Waals surface area contributed by atoms with Gasteiger partial charge in [0.05, 0.1) is 36.2 Å². The van der Waals surface area contributed by atoms with E-state index in [1.54, 1.807) is 25.3 Å². The summed E-state index contributed by atoms with van der Waals surface area (Å²) in [4.78, 5) is 29.4. The molecule has 8 nitrogen and oxygen atoms in total. The lowest BCUT2D eigenvalue weighted by molar-refractivity contribution is -0.0214. The van der Waals surface area contributed by atoms with Crippen molar-refractivity contribution in [2.75, 3.05) is 26.7 Å². The predicted molar refractivity (Wildman–Crippen MR) is 117 cm³/mol. The maximum absolute atomic E-state index is 14.8. The minimum Gasteiger partial charge on any atom is -0.465 e. The van der Waals surface area contributed by atoms with Gasteiger partial charge in [0.1, 0.15) is 11.5 Å². The molecule has 1 aliphatic heterocycles. The van der Waals surface area contributed by atoms with E-state index in [4.69, 9.17) is 16.3 Å². The van der Waals surface area contributed by atoms with E-state index >= 15 is 0 Å². The van der Waals surface area contributed by atoms with Gasteiger partial charge in [0.2, 0.25) is 0 Å². The van der Waals surface area contributed by atoms with Crippen LogP contribution in [0.2, 0.25) is 5.02 Å². The van der Waals surface area contributed by atoms with Crippen LogP contribution in [0.4, 0.5) is 9.18 Å². The molecule has 1 aliphatic rings. The summed E-state index contributed by atoms with van der Waals surface area (Å²) in [5.41, 5.74) is 3.01. The highest BCUT2D eigenvalue weighted by Crippen LogP contribution is 2.31. The summed E-state index contributed by atoms with van der Waals surface area (Å²) in [6, 6.07) is 6.22. The van der Waals surface area contributed by atoms with Gasteiger partial charge in [-0.05, 0) is 30.7 Å². The molecule has 0 spiro atoms. The maximum atomic E-state index is 14.8. The van der Waals surface area contributed by atoms with Gasteiger partial charge in [0.15, 0.2) is 0 Å². The van der Waals surface area contributed by atoms with Gasteiger partial charge >= 0.3 is 6.09 Å². The van der Waals surface area contributed by atoms with Crippen LogP contribution in [0.15, 0.2) is 30.5 Å². The number of benzene rings is 1. The van der Waals surface area contributed by atoms with E-state index in [-0.39, 0.29) is 18.2 Å². The quantitative estimate of drug-likeness (QED) is 0.622. The third-order valence-electron chi connectivity index (χ3n) is 5.56. The molecule has 1 atom stereocenters. The number of nitrogens with one attached hydrogen (secondary N) is 1. The van der Waals surface area contributed by atoms with Crippen LogP contribution in [0.5, 0.6) is 0 Å². The van der Waals surface area contributed by atoms with Crippen LogP contribution in [-0.2, 0) is 11.2 Å². The van der Waals surface area contributed by atoms with Crippen molar-refractivity contribution in [2.24, 2.45) is 0 Å². The summed E-state index contributed by atoms with van der Waals surface area (Å²) in [5.74, 6) is -1.17. The number of carbonyl (C=O) groups excluding carboxylic acids is 1. The lowest BCUT2D eigenvalue weighted by atomic mass is 9.98. The number of imidazole rings is 1. The molecule has 2 aromatic heterocycles. The fraction of sp³-hybridized carbons (Fsp3) is 0.318. The molecule has 1 fully saturated rings. The molecule has 0 radical (unpaired) electrons. The highest BCUT2D eigenvalue weighted by molar-refractivity contribution is 6.30. The second-order valence-corrected chi connectivity index (χ2v) is 8.07. The molecule has 4 rings (SSSR count). The molecule has 0 unspecified atom stereocenters. The van der Waals surface area contributed by atoms with Crippen LogP contribution in [-0.4, -0.2) is 64.2 Å². The number of rotatable bonds is 4. The zero-order chi connectivity index (χ0) is 23.0. The Morgan fingerprint density at radius 3 is 2.88 bits per heavy atom. The maximum Gasteiger partial charge on any atom is 0.407 e. The largest absolute Gasteiger partial charge is 0.465 e. The average molecular weight is 461 g/mol. The topological polar surface area (TPSA) is 96.2 Å². The van der Waals surface area contributed by atoms with E-state index in [1.807, 2.05) is 4.40 Å². The predicted octanol–water partition coefficient (Wildman–Crippen LogP) is 3.38. The fourth-order valence-electron chi connectivity index (χ4n) is 3.96. The Morgan fingerprint density at radius 1 is 1.38 bits per heavy atom. The Balaban J connectivity index is 1.81. The Labute approximate surface area is 188 Å². The van der Waals surface area contributed by atoms with Crippen molar-refractivity contribution in [2.45, 2.75) is 19.4 Å². The molecule has 0 bridgehead atoms. The number of carboxylic acid groups (broad SMARTS) is 1. The van der Waals surface area contributed by atoms with Crippen molar-refractivity contribution in [1.82, 2.24) is 19.6 Å². The molecule has 1 aromatic carbocycles. The Bertz CT molecular complexity index is 1210. The number of hydrogen-bond acceptors (Lipinski definition) is 4. The third kappa shape index (κ3) is 4.13. The van der Waals surface area contributed by atoms with Crippen molar-refractivity contribution in [3.05, 3.63) is 58.1 Å². The number of aromatic nitrogens is 2. The van der Waals surface area contributed by atoms with Crippen LogP contribution in [0, 0.1) is 12.7 Å². The average Bonchev–Trinajstić information content (AvgIpc) is 3.11. The molecule has 0 saturated carbocycles. The number of aryl methyl sites for hydroxylation is 1. The van der Waals surface area contributed by atoms with E-state index in [0.717, 1.165) is 5.69 Å². The summed E-state index contributed by atoms with van der Waals surface area (Å²) < 4.78 is 22.4. The van der Waals surface area contributed by atoms with Gasteiger partial charge in [-0.3, -0.25) is 4.79 Å². The van der Waals surface area contributed by atoms with Crippen molar-refractivity contribution in [1.29, 1.82) is 0 Å². The van der Waals surface area contributed by atoms with Crippen LogP contribution in [0.25, 0.3) is 16.9 Å². The van der Waals surface area contributed by atoms with Crippen LogP contribution in [0.3, 0.4) is 0 Å². The fourth-order valence-corrected chi connectivity index (χ4v) is 4.11. The monoisotopic (exact) mass is 460 g/mol. The summed E-state index contributed by atoms with van der Waals surface area (Å²) in [7, 11) is 1.44. The van der Waals surface area contributed by atoms with Gasteiger partial charge in [-0.1, -0.05) is 11.6 Å². The van der Waals surface area contributed by atoms with Gasteiger partial charge in [-0.15, -0.1) is 0 Å². The molecule has 10 heteroatoms. The molecule has 0 aliphatic carbocycles. The first-order valence-corrected chi connectivity index (χ1v) is 10.4. The molecule has 168 valence electrons. The lowest BCUT2D eigenvalue weighted by Crippen LogP contribution is -2.45. The van der Waals surface area contributed by atoms with Crippen molar-refractivity contribution >= 4 is 29.2 Å². The number of halogens is 2. The number of morpholine rings is 1. The number of amides is 2. The number of pyridine rings is 1. The molecular formula is C22H22ClFN4O4. The van der Waals surface area contributed by atoms with Gasteiger partial charge in [-0.2, -0.15) is 0 Å². The first kappa shape index (κ1) is 22.0. The van der Waals surface area contributed by atoms with Gasteiger partial charge < -0.3 is 24.5 Å². The van der Waals surface area contributed by atoms with Crippen molar-refractivity contribution in [3.8, 4) is 11.3 Å². The van der Waals surface area contributed by atoms with E-state index < -0.39 is 17.8 Å². The van der Waals surface area contributed by atoms with E-state index in [9.17, 15) is 19.1 Å². The number of carbonyl (C=O) groups is 2. The summed E-state index contributed by atoms with van der Waals surface area (Å²) in [6.45, 7) is 2.61. The molecular weight excluding hydrogens is 439 g/mol. The Kier molecular flexibility index (Phi) is 6.03. The van der Waals surface area contributed by atoms with E-state index in [1.165, 1.54) is 24.1 Å². The van der Waals surface area contributed by atoms with Crippen molar-refractivity contribution < 1.29 is 23.8 Å². The second-order valence-electron chi connectivity index (χ2n) is 7.63. The van der Waals surface area contributed by atoms with Gasteiger partial charge in [-0.25, -0.2) is 14.2 Å². The minimum absolute atomic E-state index is 0.0465. The molecule has 3 heterocycles. The van der Waals surface area contributed by atoms with E-state index in [2.05, 4.69) is 10.3 Å². The standard InChI is InChI=1S/C22H22ClFN4O4/c1-12-7-16(21(29)25-2)17(24)10-15(12)20-18(28-4-3-13(23)8-19(28)26-20)9-14-11-27(22(30)31)5-6-32-14/h3-4,7-8,10,14H,5-6,9,11H2,1-2H3,(H,25,29)(H,30,31)/t14-/m0/s1. The van der Waals surface area contributed by atoms with Crippen LogP contribution in [0.1, 0.15) is 21.6 Å². The first-order valence-electron chi connectivity index (χ1n) is 10.1. The number of nitrogens with zero attached hydrogens (tertiary/aromatic N) is 3. The molecule has 1 saturated heterocycles. The Hall–Kier alpha value is -3.17. The van der Waals surface area contributed by atoms with Gasteiger partial charge in [0.25, 0.3) is 5.91 Å². The Morgan fingerprint density at radius 2 is 2.16 bits per heavy atom. The zero-order valence-corrected chi connectivity index (χ0v) is 18.3. The highest BCUT2D eigenvalue weighted by atomic mass is 35.5. The normalized spacial score (nSPS) is 16.4. The summed E-state index contributed by atoms with van der Waals surface area (Å²) in [6.07, 6.45) is 0.752. The van der Waals surface area contributed by atoms with Gasteiger partial charge in [0, 0.05) is 42.9 Å². The zero-order valence-electron chi connectivity index (χ0n) is 17.6. The van der Waals surface area contributed by atoms with Crippen LogP contribution >= 0.6 is 11.6 Å². The van der Waals surface area contributed by atoms with E-state index in [0.29, 0.717) is 47.1 Å². The summed E-state index contributed by atoms with van der Waals surface area (Å²) in [5, 5.41) is 12.3. The molecule has 3 aromatic rings. The molecule has 2 amide bonds. The van der Waals surface area contributed by atoms with Crippen LogP contribution < -0.4 is 5.32 Å². The lowest BCUT2D eigenvalue weighted by Gasteiger charge is -2.31. The first-order chi connectivity index (χ1) is 15.3.